The van der Waals surface area contributed by atoms with Gasteiger partial charge in [0.1, 0.15) is 0 Å². The molecule has 2 rings (SSSR count). The van der Waals surface area contributed by atoms with Gasteiger partial charge in [0.15, 0.2) is 0 Å². The van der Waals surface area contributed by atoms with Crippen molar-refractivity contribution in [3.05, 3.63) is 0 Å². The van der Waals surface area contributed by atoms with Crippen LogP contribution >= 0.6 is 11.6 Å². The van der Waals surface area contributed by atoms with Gasteiger partial charge < -0.3 is 5.32 Å². The molecule has 0 aromatic carbocycles. The molecule has 2 heterocycles. The molecule has 17 heavy (non-hydrogen) atoms. The predicted octanol–water partition coefficient (Wildman–Crippen LogP) is 3.06. The molecule has 0 amide bonds. The highest BCUT2D eigenvalue weighted by molar-refractivity contribution is 6.20. The van der Waals surface area contributed by atoms with Gasteiger partial charge in [0, 0.05) is 24.7 Å². The van der Waals surface area contributed by atoms with Crippen LogP contribution in [-0.2, 0) is 0 Å². The van der Waals surface area contributed by atoms with Gasteiger partial charge in [-0.2, -0.15) is 0 Å². The standard InChI is InChI=1S/C14H27ClN2/c1-6-9-10(7-2)17-11(15)8-16-13(12(9)17)14(3,4)5/h9-13,16H,6-8H2,1-5H3. The van der Waals surface area contributed by atoms with Gasteiger partial charge in [-0.05, 0) is 17.8 Å². The van der Waals surface area contributed by atoms with Crippen LogP contribution in [0.4, 0.5) is 0 Å². The molecule has 0 spiro atoms. The minimum Gasteiger partial charge on any atom is -0.309 e. The molecule has 0 radical (unpaired) electrons. The van der Waals surface area contributed by atoms with E-state index < -0.39 is 0 Å². The number of halogens is 1. The fourth-order valence-electron chi connectivity index (χ4n) is 3.90. The van der Waals surface area contributed by atoms with Gasteiger partial charge in [-0.1, -0.05) is 41.0 Å². The quantitative estimate of drug-likeness (QED) is 0.605. The van der Waals surface area contributed by atoms with Gasteiger partial charge in [-0.3, -0.25) is 4.90 Å². The molecule has 1 N–H and O–H groups in total. The Morgan fingerprint density at radius 2 is 1.88 bits per heavy atom. The van der Waals surface area contributed by atoms with E-state index in [0.29, 0.717) is 23.5 Å². The Morgan fingerprint density at radius 1 is 1.24 bits per heavy atom. The van der Waals surface area contributed by atoms with Gasteiger partial charge in [-0.15, -0.1) is 11.6 Å². The summed E-state index contributed by atoms with van der Waals surface area (Å²) in [6, 6.07) is 1.92. The van der Waals surface area contributed by atoms with Gasteiger partial charge >= 0.3 is 0 Å². The van der Waals surface area contributed by atoms with E-state index in [0.717, 1.165) is 12.5 Å². The number of hydrogen-bond donors (Lipinski definition) is 1. The van der Waals surface area contributed by atoms with E-state index in [9.17, 15) is 0 Å². The number of nitrogens with zero attached hydrogens (tertiary/aromatic N) is 1. The summed E-state index contributed by atoms with van der Waals surface area (Å²) in [6.07, 6.45) is 2.51. The van der Waals surface area contributed by atoms with Gasteiger partial charge in [0.25, 0.3) is 0 Å². The van der Waals surface area contributed by atoms with E-state index in [1.165, 1.54) is 12.8 Å². The molecule has 5 unspecified atom stereocenters. The first-order valence-electron chi connectivity index (χ1n) is 7.06. The summed E-state index contributed by atoms with van der Waals surface area (Å²) in [7, 11) is 0. The second kappa shape index (κ2) is 4.71. The van der Waals surface area contributed by atoms with Crippen molar-refractivity contribution < 1.29 is 0 Å². The number of alkyl halides is 1. The van der Waals surface area contributed by atoms with Crippen LogP contribution in [0.1, 0.15) is 47.5 Å². The van der Waals surface area contributed by atoms with Crippen molar-refractivity contribution in [2.24, 2.45) is 11.3 Å². The lowest BCUT2D eigenvalue weighted by Gasteiger charge is -2.64. The minimum atomic E-state index is 0.186. The Balaban J connectivity index is 2.20. The highest BCUT2D eigenvalue weighted by Crippen LogP contribution is 2.46. The lowest BCUT2D eigenvalue weighted by atomic mass is 9.66. The van der Waals surface area contributed by atoms with Crippen LogP contribution in [0.2, 0.25) is 0 Å². The topological polar surface area (TPSA) is 15.3 Å². The zero-order valence-corrected chi connectivity index (χ0v) is 12.6. The molecule has 0 bridgehead atoms. The molecule has 2 fully saturated rings. The molecule has 0 aromatic rings. The smallest absolute Gasteiger partial charge is 0.0982 e. The Morgan fingerprint density at radius 3 is 2.35 bits per heavy atom. The normalized spacial score (nSPS) is 43.1. The van der Waals surface area contributed by atoms with Crippen LogP contribution < -0.4 is 5.32 Å². The van der Waals surface area contributed by atoms with E-state index >= 15 is 0 Å². The summed E-state index contributed by atoms with van der Waals surface area (Å²) >= 11 is 6.49. The Kier molecular flexibility index (Phi) is 3.78. The average Bonchev–Trinajstić information content (AvgIpc) is 2.19. The number of hydrogen-bond acceptors (Lipinski definition) is 2. The maximum absolute atomic E-state index is 6.49. The minimum absolute atomic E-state index is 0.186. The van der Waals surface area contributed by atoms with Crippen LogP contribution in [-0.4, -0.2) is 35.1 Å². The van der Waals surface area contributed by atoms with Crippen LogP contribution in [0.25, 0.3) is 0 Å². The number of piperazine rings is 1. The summed E-state index contributed by atoms with van der Waals surface area (Å²) < 4.78 is 0. The van der Waals surface area contributed by atoms with E-state index in [4.69, 9.17) is 11.6 Å². The van der Waals surface area contributed by atoms with Crippen molar-refractivity contribution in [3.63, 3.8) is 0 Å². The monoisotopic (exact) mass is 258 g/mol. The second-order valence-electron chi connectivity index (χ2n) is 6.67. The highest BCUT2D eigenvalue weighted by atomic mass is 35.5. The summed E-state index contributed by atoms with van der Waals surface area (Å²) in [6.45, 7) is 12.5. The first kappa shape index (κ1) is 13.6. The lowest BCUT2D eigenvalue weighted by molar-refractivity contribution is -0.125. The van der Waals surface area contributed by atoms with Crippen molar-refractivity contribution in [2.45, 2.75) is 71.1 Å². The van der Waals surface area contributed by atoms with E-state index in [2.05, 4.69) is 44.8 Å². The summed E-state index contributed by atoms with van der Waals surface area (Å²) in [5.74, 6) is 0.818. The van der Waals surface area contributed by atoms with Crippen molar-refractivity contribution in [2.75, 3.05) is 6.54 Å². The van der Waals surface area contributed by atoms with Crippen LogP contribution in [0, 0.1) is 11.3 Å². The molecule has 0 aliphatic carbocycles. The predicted molar refractivity (Wildman–Crippen MR) is 74.4 cm³/mol. The van der Waals surface area contributed by atoms with E-state index in [1.54, 1.807) is 0 Å². The first-order chi connectivity index (χ1) is 7.91. The Bertz CT molecular complexity index is 274. The molecule has 2 nitrogen and oxygen atoms in total. The largest absolute Gasteiger partial charge is 0.309 e. The van der Waals surface area contributed by atoms with Crippen molar-refractivity contribution >= 4 is 11.6 Å². The second-order valence-corrected chi connectivity index (χ2v) is 7.18. The van der Waals surface area contributed by atoms with Gasteiger partial charge in [-0.25, -0.2) is 0 Å². The number of fused-ring (bicyclic) bond motifs is 1. The van der Waals surface area contributed by atoms with Crippen molar-refractivity contribution in [1.82, 2.24) is 10.2 Å². The maximum Gasteiger partial charge on any atom is 0.0982 e. The molecule has 100 valence electrons. The lowest BCUT2D eigenvalue weighted by Crippen LogP contribution is -2.78. The third kappa shape index (κ3) is 2.13. The van der Waals surface area contributed by atoms with E-state index in [-0.39, 0.29) is 5.50 Å². The molecule has 2 aliphatic rings. The fraction of sp³-hybridized carbons (Fsp3) is 1.00. The molecular formula is C14H27ClN2. The maximum atomic E-state index is 6.49. The third-order valence-electron chi connectivity index (χ3n) is 4.65. The van der Waals surface area contributed by atoms with Crippen LogP contribution in [0.3, 0.4) is 0 Å². The van der Waals surface area contributed by atoms with Gasteiger partial charge in [0.2, 0.25) is 0 Å². The summed E-state index contributed by atoms with van der Waals surface area (Å²) in [5.41, 5.74) is 0.498. The molecule has 0 saturated carbocycles. The van der Waals surface area contributed by atoms with Crippen molar-refractivity contribution in [1.29, 1.82) is 0 Å². The highest BCUT2D eigenvalue weighted by Gasteiger charge is 2.56. The molecule has 5 atom stereocenters. The van der Waals surface area contributed by atoms with Gasteiger partial charge in [0.05, 0.1) is 5.50 Å². The number of rotatable bonds is 2. The number of nitrogens with one attached hydrogen (secondary N) is 1. The summed E-state index contributed by atoms with van der Waals surface area (Å²) in [5, 5.41) is 3.68. The van der Waals surface area contributed by atoms with Crippen molar-refractivity contribution in [3.8, 4) is 0 Å². The van der Waals surface area contributed by atoms with Crippen LogP contribution in [0.5, 0.6) is 0 Å². The molecule has 2 aliphatic heterocycles. The van der Waals surface area contributed by atoms with Crippen LogP contribution in [0.15, 0.2) is 0 Å². The zero-order chi connectivity index (χ0) is 12.8. The first-order valence-corrected chi connectivity index (χ1v) is 7.50. The SMILES string of the molecule is CCC1C(CC)N2C(Cl)CNC(C(C)(C)C)C12. The zero-order valence-electron chi connectivity index (χ0n) is 11.8. The Hall–Kier alpha value is 0.210. The molecule has 2 saturated heterocycles. The third-order valence-corrected chi connectivity index (χ3v) is 5.03. The molecule has 3 heteroatoms. The summed E-state index contributed by atoms with van der Waals surface area (Å²) in [4.78, 5) is 2.57. The Labute approximate surface area is 111 Å². The molecule has 0 aromatic heterocycles. The van der Waals surface area contributed by atoms with E-state index in [1.807, 2.05) is 0 Å². The fourth-order valence-corrected chi connectivity index (χ4v) is 4.26. The molecular weight excluding hydrogens is 232 g/mol. The average molecular weight is 259 g/mol.